The third kappa shape index (κ3) is 2.40. The number of phenols is 1. The van der Waals surface area contributed by atoms with E-state index in [1.807, 2.05) is 0 Å². The van der Waals surface area contributed by atoms with E-state index >= 15 is 0 Å². The van der Waals surface area contributed by atoms with Crippen LogP contribution < -0.4 is 4.74 Å². The second-order valence-corrected chi connectivity index (χ2v) is 3.42. The molecule has 0 saturated carbocycles. The summed E-state index contributed by atoms with van der Waals surface area (Å²) >= 11 is 0. The van der Waals surface area contributed by atoms with Gasteiger partial charge in [0.25, 0.3) is 0 Å². The van der Waals surface area contributed by atoms with E-state index in [1.54, 1.807) is 24.3 Å². The molecule has 5 heteroatoms. The van der Waals surface area contributed by atoms with Gasteiger partial charge in [0.2, 0.25) is 5.88 Å². The van der Waals surface area contributed by atoms with Gasteiger partial charge in [-0.3, -0.25) is 0 Å². The molecule has 1 aromatic heterocycles. The van der Waals surface area contributed by atoms with Crippen molar-refractivity contribution >= 4 is 5.97 Å². The molecule has 92 valence electrons. The second kappa shape index (κ2) is 5.18. The van der Waals surface area contributed by atoms with Gasteiger partial charge in [-0.15, -0.1) is 0 Å². The van der Waals surface area contributed by atoms with E-state index in [0.717, 1.165) is 0 Å². The Labute approximate surface area is 104 Å². The fraction of sp³-hybridized carbons (Fsp3) is 0.0769. The molecule has 18 heavy (non-hydrogen) atoms. The molecule has 0 saturated heterocycles. The van der Waals surface area contributed by atoms with Gasteiger partial charge < -0.3 is 14.6 Å². The second-order valence-electron chi connectivity index (χ2n) is 3.42. The van der Waals surface area contributed by atoms with Gasteiger partial charge in [0.05, 0.1) is 7.11 Å². The number of pyridine rings is 1. The van der Waals surface area contributed by atoms with E-state index in [0.29, 0.717) is 0 Å². The van der Waals surface area contributed by atoms with E-state index in [4.69, 9.17) is 4.74 Å². The maximum Gasteiger partial charge on any atom is 0.343 e. The molecule has 2 aromatic rings. The fourth-order valence-electron chi connectivity index (χ4n) is 1.39. The van der Waals surface area contributed by atoms with Gasteiger partial charge in [-0.25, -0.2) is 9.78 Å². The molecule has 0 unspecified atom stereocenters. The SMILES string of the molecule is COC(=O)c1cccnc1Oc1ccccc1O. The molecule has 5 nitrogen and oxygen atoms in total. The summed E-state index contributed by atoms with van der Waals surface area (Å²) < 4.78 is 10.0. The van der Waals surface area contributed by atoms with Crippen molar-refractivity contribution in [3.8, 4) is 17.4 Å². The Morgan fingerprint density at radius 3 is 2.72 bits per heavy atom. The molecule has 0 fully saturated rings. The lowest BCUT2D eigenvalue weighted by Crippen LogP contribution is -2.04. The highest BCUT2D eigenvalue weighted by Crippen LogP contribution is 2.30. The highest BCUT2D eigenvalue weighted by atomic mass is 16.5. The van der Waals surface area contributed by atoms with Crippen LogP contribution in [0.2, 0.25) is 0 Å². The molecule has 0 atom stereocenters. The molecule has 0 spiro atoms. The first kappa shape index (κ1) is 11.9. The number of carbonyl (C=O) groups excluding carboxylic acids is 1. The number of aromatic nitrogens is 1. The van der Waals surface area contributed by atoms with Crippen molar-refractivity contribution in [1.29, 1.82) is 0 Å². The minimum atomic E-state index is -0.548. The number of methoxy groups -OCH3 is 1. The van der Waals surface area contributed by atoms with Crippen LogP contribution >= 0.6 is 0 Å². The first-order valence-corrected chi connectivity index (χ1v) is 5.21. The molecule has 2 rings (SSSR count). The van der Waals surface area contributed by atoms with E-state index < -0.39 is 5.97 Å². The van der Waals surface area contributed by atoms with Crippen molar-refractivity contribution in [1.82, 2.24) is 4.98 Å². The van der Waals surface area contributed by atoms with Crippen LogP contribution in [0.15, 0.2) is 42.6 Å². The normalized spacial score (nSPS) is 9.83. The third-order valence-corrected chi connectivity index (χ3v) is 2.25. The van der Waals surface area contributed by atoms with Gasteiger partial charge in [-0.2, -0.15) is 0 Å². The van der Waals surface area contributed by atoms with Crippen molar-refractivity contribution in [2.45, 2.75) is 0 Å². The molecular weight excluding hydrogens is 234 g/mol. The smallest absolute Gasteiger partial charge is 0.343 e. The zero-order valence-electron chi connectivity index (χ0n) is 9.66. The average Bonchev–Trinajstić information content (AvgIpc) is 2.41. The van der Waals surface area contributed by atoms with E-state index in [2.05, 4.69) is 9.72 Å². The number of aromatic hydroxyl groups is 1. The number of carbonyl (C=O) groups is 1. The Balaban J connectivity index is 2.35. The van der Waals surface area contributed by atoms with Gasteiger partial charge in [-0.05, 0) is 24.3 Å². The van der Waals surface area contributed by atoms with E-state index in [-0.39, 0.29) is 22.9 Å². The molecular formula is C13H11NO4. The van der Waals surface area contributed by atoms with Crippen molar-refractivity contribution < 1.29 is 19.4 Å². The number of rotatable bonds is 3. The van der Waals surface area contributed by atoms with Crippen LogP contribution in [0, 0.1) is 0 Å². The van der Waals surface area contributed by atoms with Crippen molar-refractivity contribution in [3.05, 3.63) is 48.2 Å². The molecule has 0 aliphatic carbocycles. The first-order chi connectivity index (χ1) is 8.72. The quantitative estimate of drug-likeness (QED) is 0.841. The summed E-state index contributed by atoms with van der Waals surface area (Å²) in [7, 11) is 1.28. The molecule has 0 bridgehead atoms. The van der Waals surface area contributed by atoms with Crippen LogP contribution in [-0.2, 0) is 4.74 Å². The molecule has 1 aromatic carbocycles. The van der Waals surface area contributed by atoms with Gasteiger partial charge in [-0.1, -0.05) is 12.1 Å². The maximum absolute atomic E-state index is 11.5. The number of ether oxygens (including phenoxy) is 2. The summed E-state index contributed by atoms with van der Waals surface area (Å²) in [5.74, 6) is -0.264. The van der Waals surface area contributed by atoms with Crippen molar-refractivity contribution in [2.75, 3.05) is 7.11 Å². The predicted octanol–water partition coefficient (Wildman–Crippen LogP) is 2.37. The largest absolute Gasteiger partial charge is 0.504 e. The standard InChI is InChI=1S/C13H11NO4/c1-17-13(16)9-5-4-8-14-12(9)18-11-7-3-2-6-10(11)15/h2-8,15H,1H3. The minimum absolute atomic E-state index is 0.0287. The first-order valence-electron chi connectivity index (χ1n) is 5.21. The molecule has 1 N–H and O–H groups in total. The summed E-state index contributed by atoms with van der Waals surface area (Å²) in [5, 5.41) is 9.59. The Kier molecular flexibility index (Phi) is 3.43. The number of hydrogen-bond donors (Lipinski definition) is 1. The van der Waals surface area contributed by atoms with Gasteiger partial charge in [0.15, 0.2) is 11.5 Å². The van der Waals surface area contributed by atoms with Crippen molar-refractivity contribution in [2.24, 2.45) is 0 Å². The highest BCUT2D eigenvalue weighted by Gasteiger charge is 2.15. The van der Waals surface area contributed by atoms with Crippen LogP contribution in [0.1, 0.15) is 10.4 Å². The maximum atomic E-state index is 11.5. The summed E-state index contributed by atoms with van der Waals surface area (Å²) in [6, 6.07) is 9.57. The number of hydrogen-bond acceptors (Lipinski definition) is 5. The van der Waals surface area contributed by atoms with Crippen LogP contribution in [0.3, 0.4) is 0 Å². The van der Waals surface area contributed by atoms with Crippen molar-refractivity contribution in [3.63, 3.8) is 0 Å². The zero-order valence-corrected chi connectivity index (χ0v) is 9.66. The predicted molar refractivity (Wildman–Crippen MR) is 63.8 cm³/mol. The van der Waals surface area contributed by atoms with Crippen LogP contribution in [0.25, 0.3) is 0 Å². The van der Waals surface area contributed by atoms with E-state index in [9.17, 15) is 9.90 Å². The van der Waals surface area contributed by atoms with Gasteiger partial charge in [0.1, 0.15) is 5.56 Å². The van der Waals surface area contributed by atoms with E-state index in [1.165, 1.54) is 25.4 Å². The van der Waals surface area contributed by atoms with Crippen LogP contribution in [0.4, 0.5) is 0 Å². The number of benzene rings is 1. The lowest BCUT2D eigenvalue weighted by atomic mass is 10.2. The zero-order chi connectivity index (χ0) is 13.0. The number of nitrogens with zero attached hydrogens (tertiary/aromatic N) is 1. The summed E-state index contributed by atoms with van der Waals surface area (Å²) in [6.07, 6.45) is 1.49. The molecule has 0 radical (unpaired) electrons. The highest BCUT2D eigenvalue weighted by molar-refractivity contribution is 5.91. The van der Waals surface area contributed by atoms with Crippen LogP contribution in [-0.4, -0.2) is 23.2 Å². The Morgan fingerprint density at radius 1 is 1.22 bits per heavy atom. The number of esters is 1. The summed E-state index contributed by atoms with van der Waals surface area (Å²) in [4.78, 5) is 15.5. The average molecular weight is 245 g/mol. The van der Waals surface area contributed by atoms with Gasteiger partial charge >= 0.3 is 5.97 Å². The summed E-state index contributed by atoms with van der Waals surface area (Å²) in [5.41, 5.74) is 0.197. The topological polar surface area (TPSA) is 68.7 Å². The Bertz CT molecular complexity index is 568. The number of phenolic OH excluding ortho intramolecular Hbond substituents is 1. The Hall–Kier alpha value is -2.56. The monoisotopic (exact) mass is 245 g/mol. The minimum Gasteiger partial charge on any atom is -0.504 e. The lowest BCUT2D eigenvalue weighted by molar-refractivity contribution is 0.0597. The molecule has 1 heterocycles. The summed E-state index contributed by atoms with van der Waals surface area (Å²) in [6.45, 7) is 0. The third-order valence-electron chi connectivity index (χ3n) is 2.25. The molecule has 0 amide bonds. The molecule has 0 aliphatic heterocycles. The number of para-hydroxylation sites is 2. The van der Waals surface area contributed by atoms with Crippen LogP contribution in [0.5, 0.6) is 17.4 Å². The lowest BCUT2D eigenvalue weighted by Gasteiger charge is -2.09. The molecule has 0 aliphatic rings. The Morgan fingerprint density at radius 2 is 2.00 bits per heavy atom. The van der Waals surface area contributed by atoms with Gasteiger partial charge in [0, 0.05) is 6.20 Å². The fourth-order valence-corrected chi connectivity index (χ4v) is 1.39.